The molecular formula is C19H20BrNO6S. The molecule has 9 heteroatoms. The molecule has 0 bridgehead atoms. The van der Waals surface area contributed by atoms with Crippen molar-refractivity contribution in [3.05, 3.63) is 51.5 Å². The van der Waals surface area contributed by atoms with Gasteiger partial charge in [0, 0.05) is 16.6 Å². The predicted molar refractivity (Wildman–Crippen MR) is 106 cm³/mol. The van der Waals surface area contributed by atoms with Crippen molar-refractivity contribution in [3.63, 3.8) is 0 Å². The van der Waals surface area contributed by atoms with Crippen LogP contribution < -0.4 is 5.32 Å². The number of aliphatic hydroxyl groups excluding tert-OH is 1. The number of rotatable bonds is 7. The van der Waals surface area contributed by atoms with Crippen molar-refractivity contribution in [2.45, 2.75) is 29.4 Å². The molecule has 0 radical (unpaired) electrons. The monoisotopic (exact) mass is 469 g/mol. The van der Waals surface area contributed by atoms with E-state index in [9.17, 15) is 23.4 Å². The molecule has 0 saturated heterocycles. The summed E-state index contributed by atoms with van der Waals surface area (Å²) in [6, 6.07) is 7.24. The maximum absolute atomic E-state index is 12.9. The highest BCUT2D eigenvalue weighted by Crippen LogP contribution is 2.43. The third-order valence-corrected chi connectivity index (χ3v) is 6.69. The van der Waals surface area contributed by atoms with Gasteiger partial charge in [-0.2, -0.15) is 0 Å². The van der Waals surface area contributed by atoms with Crippen molar-refractivity contribution in [1.29, 1.82) is 0 Å². The van der Waals surface area contributed by atoms with E-state index < -0.39 is 27.2 Å². The Morgan fingerprint density at radius 3 is 2.54 bits per heavy atom. The van der Waals surface area contributed by atoms with Crippen LogP contribution in [0.1, 0.15) is 40.2 Å². The van der Waals surface area contributed by atoms with Crippen molar-refractivity contribution in [3.8, 4) is 11.5 Å². The first-order chi connectivity index (χ1) is 13.2. The van der Waals surface area contributed by atoms with E-state index in [0.717, 1.165) is 18.4 Å². The van der Waals surface area contributed by atoms with E-state index in [1.54, 1.807) is 12.1 Å². The van der Waals surface area contributed by atoms with Gasteiger partial charge in [0.2, 0.25) is 0 Å². The van der Waals surface area contributed by atoms with Crippen LogP contribution in [0.5, 0.6) is 11.5 Å². The third kappa shape index (κ3) is 4.48. The minimum absolute atomic E-state index is 0.0193. The number of aromatic hydroxyl groups is 2. The number of benzene rings is 2. The number of hydrogen-bond donors (Lipinski definition) is 4. The van der Waals surface area contributed by atoms with E-state index in [2.05, 4.69) is 21.2 Å². The lowest BCUT2D eigenvalue weighted by Gasteiger charge is -2.14. The van der Waals surface area contributed by atoms with Crippen LogP contribution in [0.2, 0.25) is 0 Å². The zero-order chi connectivity index (χ0) is 20.5. The van der Waals surface area contributed by atoms with Crippen molar-refractivity contribution < 1.29 is 28.5 Å². The van der Waals surface area contributed by atoms with E-state index in [1.807, 2.05) is 0 Å². The van der Waals surface area contributed by atoms with Gasteiger partial charge in [0.05, 0.1) is 17.9 Å². The SMILES string of the molecule is O=C(NCCO)c1cc(C2CC2)cc(CS(=O)(=O)c2cc(Br)ccc2O)c1O. The summed E-state index contributed by atoms with van der Waals surface area (Å²) in [5, 5.41) is 31.9. The quantitative estimate of drug-likeness (QED) is 0.493. The molecule has 150 valence electrons. The summed E-state index contributed by atoms with van der Waals surface area (Å²) in [6.45, 7) is -0.232. The first-order valence-electron chi connectivity index (χ1n) is 8.69. The Morgan fingerprint density at radius 1 is 1.18 bits per heavy atom. The Balaban J connectivity index is 2.02. The van der Waals surface area contributed by atoms with Crippen molar-refractivity contribution >= 4 is 31.7 Å². The molecule has 3 rings (SSSR count). The summed E-state index contributed by atoms with van der Waals surface area (Å²) in [4.78, 5) is 12.1. The molecule has 1 amide bonds. The highest BCUT2D eigenvalue weighted by atomic mass is 79.9. The number of sulfone groups is 1. The van der Waals surface area contributed by atoms with Crippen LogP contribution in [-0.2, 0) is 15.6 Å². The van der Waals surface area contributed by atoms with Gasteiger partial charge in [0.1, 0.15) is 16.4 Å². The molecular weight excluding hydrogens is 450 g/mol. The van der Waals surface area contributed by atoms with Gasteiger partial charge in [-0.25, -0.2) is 8.42 Å². The number of phenols is 2. The zero-order valence-electron chi connectivity index (χ0n) is 14.9. The van der Waals surface area contributed by atoms with Gasteiger partial charge in [-0.05, 0) is 48.6 Å². The standard InChI is InChI=1S/C19H20BrNO6S/c20-14-3-4-16(23)17(9-14)28(26,27)10-13-7-12(11-1-2-11)8-15(18(13)24)19(25)21-5-6-22/h3-4,7-9,11,22-24H,1-2,5-6,10H2,(H,21,25). The van der Waals surface area contributed by atoms with E-state index in [1.165, 1.54) is 18.2 Å². The number of amides is 1. The zero-order valence-corrected chi connectivity index (χ0v) is 17.3. The number of phenolic OH excluding ortho intramolecular Hbond substituents is 2. The predicted octanol–water partition coefficient (Wildman–Crippen LogP) is 2.43. The highest BCUT2D eigenvalue weighted by molar-refractivity contribution is 9.10. The molecule has 1 aliphatic carbocycles. The lowest BCUT2D eigenvalue weighted by Crippen LogP contribution is -2.26. The molecule has 0 unspecified atom stereocenters. The number of aliphatic hydroxyl groups is 1. The van der Waals surface area contributed by atoms with E-state index in [-0.39, 0.29) is 40.8 Å². The summed E-state index contributed by atoms with van der Waals surface area (Å²) < 4.78 is 26.2. The van der Waals surface area contributed by atoms with Gasteiger partial charge >= 0.3 is 0 Å². The van der Waals surface area contributed by atoms with Crippen molar-refractivity contribution in [2.75, 3.05) is 13.2 Å². The first-order valence-corrected chi connectivity index (χ1v) is 11.1. The largest absolute Gasteiger partial charge is 0.507 e. The van der Waals surface area contributed by atoms with Gasteiger partial charge < -0.3 is 20.6 Å². The molecule has 4 N–H and O–H groups in total. The first kappa shape index (κ1) is 20.6. The van der Waals surface area contributed by atoms with Gasteiger partial charge in [-0.1, -0.05) is 22.0 Å². The Hall–Kier alpha value is -2.10. The minimum Gasteiger partial charge on any atom is -0.507 e. The van der Waals surface area contributed by atoms with Crippen molar-refractivity contribution in [1.82, 2.24) is 5.32 Å². The molecule has 1 saturated carbocycles. The summed E-state index contributed by atoms with van der Waals surface area (Å²) in [5.41, 5.74) is 0.857. The lowest BCUT2D eigenvalue weighted by atomic mass is 10.0. The lowest BCUT2D eigenvalue weighted by molar-refractivity contribution is 0.0942. The van der Waals surface area contributed by atoms with E-state index in [4.69, 9.17) is 5.11 Å². The van der Waals surface area contributed by atoms with Crippen LogP contribution in [0, 0.1) is 0 Å². The Bertz CT molecular complexity index is 1020. The summed E-state index contributed by atoms with van der Waals surface area (Å²) in [6.07, 6.45) is 1.86. The van der Waals surface area contributed by atoms with Crippen LogP contribution in [0.15, 0.2) is 39.7 Å². The third-order valence-electron chi connectivity index (χ3n) is 4.50. The van der Waals surface area contributed by atoms with Crippen LogP contribution in [0.25, 0.3) is 0 Å². The second-order valence-corrected chi connectivity index (χ2v) is 9.57. The molecule has 28 heavy (non-hydrogen) atoms. The molecule has 1 aliphatic rings. The maximum atomic E-state index is 12.9. The van der Waals surface area contributed by atoms with Gasteiger partial charge in [0.15, 0.2) is 9.84 Å². The summed E-state index contributed by atoms with van der Waals surface area (Å²) in [5.74, 6) is -1.73. The molecule has 0 heterocycles. The molecule has 0 aliphatic heterocycles. The molecule has 7 nitrogen and oxygen atoms in total. The highest BCUT2D eigenvalue weighted by Gasteiger charge is 2.29. The van der Waals surface area contributed by atoms with Crippen LogP contribution in [-0.4, -0.2) is 42.8 Å². The fraction of sp³-hybridized carbons (Fsp3) is 0.316. The van der Waals surface area contributed by atoms with Gasteiger partial charge in [-0.15, -0.1) is 0 Å². The molecule has 0 spiro atoms. The second-order valence-electron chi connectivity index (χ2n) is 6.70. The average Bonchev–Trinajstić information content (AvgIpc) is 3.48. The molecule has 2 aromatic carbocycles. The Morgan fingerprint density at radius 2 is 1.89 bits per heavy atom. The molecule has 2 aromatic rings. The van der Waals surface area contributed by atoms with Crippen molar-refractivity contribution in [2.24, 2.45) is 0 Å². The number of halogens is 1. The van der Waals surface area contributed by atoms with Gasteiger partial charge in [-0.3, -0.25) is 4.79 Å². The maximum Gasteiger partial charge on any atom is 0.255 e. The fourth-order valence-corrected chi connectivity index (χ4v) is 4.93. The topological polar surface area (TPSA) is 124 Å². The minimum atomic E-state index is -3.98. The van der Waals surface area contributed by atoms with Crippen LogP contribution in [0.3, 0.4) is 0 Å². The smallest absolute Gasteiger partial charge is 0.255 e. The Kier molecular flexibility index (Phi) is 5.97. The fourth-order valence-electron chi connectivity index (χ4n) is 2.94. The van der Waals surface area contributed by atoms with Crippen LogP contribution in [0.4, 0.5) is 0 Å². The second kappa shape index (κ2) is 8.10. The van der Waals surface area contributed by atoms with E-state index >= 15 is 0 Å². The number of hydrogen-bond acceptors (Lipinski definition) is 6. The summed E-state index contributed by atoms with van der Waals surface area (Å²) >= 11 is 3.18. The Labute approximate surface area is 171 Å². The molecule has 0 atom stereocenters. The number of nitrogens with one attached hydrogen (secondary N) is 1. The summed E-state index contributed by atoms with van der Waals surface area (Å²) in [7, 11) is -3.98. The van der Waals surface area contributed by atoms with E-state index in [0.29, 0.717) is 4.47 Å². The average molecular weight is 470 g/mol. The normalized spacial score (nSPS) is 14.1. The molecule has 1 fully saturated rings. The van der Waals surface area contributed by atoms with Gasteiger partial charge in [0.25, 0.3) is 5.91 Å². The number of carbonyl (C=O) groups excluding carboxylic acids is 1. The number of carbonyl (C=O) groups is 1. The van der Waals surface area contributed by atoms with Crippen LogP contribution >= 0.6 is 15.9 Å². The molecule has 0 aromatic heterocycles.